The number of fused-ring (bicyclic) bond motifs is 1. The van der Waals surface area contributed by atoms with Crippen LogP contribution in [0, 0.1) is 0 Å². The zero-order chi connectivity index (χ0) is 11.2. The maximum atomic E-state index is 11.4. The van der Waals surface area contributed by atoms with Crippen LogP contribution in [0.2, 0.25) is 0 Å². The normalized spacial score (nSPS) is 46.5. The van der Waals surface area contributed by atoms with Gasteiger partial charge in [-0.05, 0) is 0 Å². The molecule has 0 bridgehead atoms. The molecule has 6 nitrogen and oxygen atoms in total. The number of aliphatic hydroxyl groups excluding tert-OH is 4. The molecule has 0 aromatic rings. The molecule has 1 amide bonds. The molecule has 5 atom stereocenters. The first-order valence-corrected chi connectivity index (χ1v) is 5.70. The van der Waals surface area contributed by atoms with Crippen molar-refractivity contribution in [2.24, 2.45) is 0 Å². The quantitative estimate of drug-likeness (QED) is 0.366. The lowest BCUT2D eigenvalue weighted by Crippen LogP contribution is -2.45. The first kappa shape index (κ1) is 11.2. The average molecular weight is 235 g/mol. The SMILES string of the molecule is O=C1CS[C@@H]2[C@H](O)[C@@H](O)[C@H](O)[C@@H](O)CN12. The van der Waals surface area contributed by atoms with Gasteiger partial charge in [0.1, 0.15) is 29.8 Å². The molecule has 15 heavy (non-hydrogen) atoms. The Morgan fingerprint density at radius 3 is 2.47 bits per heavy atom. The second-order valence-electron chi connectivity index (χ2n) is 3.79. The zero-order valence-corrected chi connectivity index (χ0v) is 8.67. The Morgan fingerprint density at radius 1 is 1.13 bits per heavy atom. The third-order valence-corrected chi connectivity index (χ3v) is 4.06. The number of rotatable bonds is 0. The van der Waals surface area contributed by atoms with Crippen molar-refractivity contribution in [1.82, 2.24) is 4.90 Å². The number of aliphatic hydroxyl groups is 4. The number of hydrogen-bond donors (Lipinski definition) is 4. The standard InChI is InChI=1S/C8H13NO5S/c10-3-1-9-4(11)2-15-8(9)7(14)6(13)5(3)12/h3,5-8,10,12-14H,1-2H2/t3-,5+,6-,7+,8+/m0/s1. The van der Waals surface area contributed by atoms with Gasteiger partial charge in [-0.25, -0.2) is 0 Å². The van der Waals surface area contributed by atoms with E-state index in [4.69, 9.17) is 0 Å². The highest BCUT2D eigenvalue weighted by atomic mass is 32.2. The molecule has 86 valence electrons. The Labute approximate surface area is 90.5 Å². The molecule has 0 aromatic heterocycles. The Balaban J connectivity index is 2.25. The number of carbonyl (C=O) groups is 1. The number of carbonyl (C=O) groups excluding carboxylic acids is 1. The van der Waals surface area contributed by atoms with Crippen molar-refractivity contribution in [2.45, 2.75) is 29.8 Å². The predicted octanol–water partition coefficient (Wildman–Crippen LogP) is -2.65. The van der Waals surface area contributed by atoms with Gasteiger partial charge >= 0.3 is 0 Å². The molecule has 2 heterocycles. The summed E-state index contributed by atoms with van der Waals surface area (Å²) in [7, 11) is 0. The molecular formula is C8H13NO5S. The van der Waals surface area contributed by atoms with Gasteiger partial charge in [0.25, 0.3) is 0 Å². The van der Waals surface area contributed by atoms with E-state index < -0.39 is 29.8 Å². The van der Waals surface area contributed by atoms with Gasteiger partial charge in [0.2, 0.25) is 5.91 Å². The van der Waals surface area contributed by atoms with Crippen molar-refractivity contribution >= 4 is 17.7 Å². The van der Waals surface area contributed by atoms with E-state index in [-0.39, 0.29) is 18.2 Å². The van der Waals surface area contributed by atoms with Crippen LogP contribution >= 0.6 is 11.8 Å². The topological polar surface area (TPSA) is 101 Å². The summed E-state index contributed by atoms with van der Waals surface area (Å²) in [4.78, 5) is 12.7. The zero-order valence-electron chi connectivity index (χ0n) is 7.85. The van der Waals surface area contributed by atoms with Crippen molar-refractivity contribution in [3.8, 4) is 0 Å². The summed E-state index contributed by atoms with van der Waals surface area (Å²) in [6.07, 6.45) is -5.29. The Hall–Kier alpha value is -0.340. The molecule has 4 N–H and O–H groups in total. The molecule has 0 unspecified atom stereocenters. The molecule has 0 spiro atoms. The average Bonchev–Trinajstić information content (AvgIpc) is 2.54. The van der Waals surface area contributed by atoms with Crippen LogP contribution in [0.1, 0.15) is 0 Å². The van der Waals surface area contributed by atoms with E-state index in [0.29, 0.717) is 0 Å². The van der Waals surface area contributed by atoms with Crippen molar-refractivity contribution in [1.29, 1.82) is 0 Å². The molecule has 2 aliphatic heterocycles. The van der Waals surface area contributed by atoms with Crippen LogP contribution in [-0.4, -0.2) is 73.3 Å². The summed E-state index contributed by atoms with van der Waals surface area (Å²) in [5.41, 5.74) is 0. The molecule has 0 aromatic carbocycles. The minimum absolute atomic E-state index is 0.0498. The number of hydrogen-bond acceptors (Lipinski definition) is 6. The maximum Gasteiger partial charge on any atom is 0.233 e. The fourth-order valence-electron chi connectivity index (χ4n) is 1.87. The summed E-state index contributed by atoms with van der Waals surface area (Å²) in [6.45, 7) is -0.0498. The highest BCUT2D eigenvalue weighted by Gasteiger charge is 2.47. The summed E-state index contributed by atoms with van der Waals surface area (Å²) >= 11 is 1.21. The molecule has 2 rings (SSSR count). The number of thioether (sulfide) groups is 1. The minimum atomic E-state index is -1.42. The van der Waals surface area contributed by atoms with Gasteiger partial charge in [-0.15, -0.1) is 11.8 Å². The Morgan fingerprint density at radius 2 is 1.80 bits per heavy atom. The van der Waals surface area contributed by atoms with Gasteiger partial charge in [-0.3, -0.25) is 4.79 Å². The largest absolute Gasteiger partial charge is 0.388 e. The van der Waals surface area contributed by atoms with E-state index >= 15 is 0 Å². The van der Waals surface area contributed by atoms with Gasteiger partial charge in [0, 0.05) is 0 Å². The molecule has 2 fully saturated rings. The Kier molecular flexibility index (Phi) is 2.91. The third-order valence-electron chi connectivity index (χ3n) is 2.78. The Bertz CT molecular complexity index is 276. The number of amides is 1. The van der Waals surface area contributed by atoms with E-state index in [1.54, 1.807) is 0 Å². The van der Waals surface area contributed by atoms with Crippen LogP contribution in [-0.2, 0) is 4.79 Å². The summed E-state index contributed by atoms with van der Waals surface area (Å²) in [5, 5.41) is 37.6. The van der Waals surface area contributed by atoms with E-state index in [0.717, 1.165) is 0 Å². The van der Waals surface area contributed by atoms with Gasteiger partial charge in [-0.2, -0.15) is 0 Å². The molecule has 2 saturated heterocycles. The summed E-state index contributed by atoms with van der Waals surface area (Å²) in [5.74, 6) is 0.0430. The van der Waals surface area contributed by atoms with Crippen LogP contribution in [0.4, 0.5) is 0 Å². The van der Waals surface area contributed by atoms with Crippen molar-refractivity contribution in [3.05, 3.63) is 0 Å². The van der Waals surface area contributed by atoms with Crippen LogP contribution in [0.15, 0.2) is 0 Å². The maximum absolute atomic E-state index is 11.4. The summed E-state index contributed by atoms with van der Waals surface area (Å²) < 4.78 is 0. The highest BCUT2D eigenvalue weighted by Crippen LogP contribution is 2.32. The molecule has 2 aliphatic rings. The second kappa shape index (κ2) is 3.91. The van der Waals surface area contributed by atoms with Crippen LogP contribution in [0.5, 0.6) is 0 Å². The second-order valence-corrected chi connectivity index (χ2v) is 4.89. The van der Waals surface area contributed by atoms with Crippen molar-refractivity contribution < 1.29 is 25.2 Å². The smallest absolute Gasteiger partial charge is 0.233 e. The van der Waals surface area contributed by atoms with Crippen LogP contribution in [0.25, 0.3) is 0 Å². The van der Waals surface area contributed by atoms with Crippen LogP contribution < -0.4 is 0 Å². The number of nitrogens with zero attached hydrogens (tertiary/aromatic N) is 1. The predicted molar refractivity (Wildman–Crippen MR) is 52.0 cm³/mol. The minimum Gasteiger partial charge on any atom is -0.388 e. The first-order chi connectivity index (χ1) is 7.02. The lowest BCUT2D eigenvalue weighted by molar-refractivity contribution is -0.130. The lowest BCUT2D eigenvalue weighted by Gasteiger charge is -2.26. The van der Waals surface area contributed by atoms with Gasteiger partial charge < -0.3 is 25.3 Å². The van der Waals surface area contributed by atoms with Gasteiger partial charge in [-0.1, -0.05) is 0 Å². The summed E-state index contributed by atoms with van der Waals surface area (Å²) in [6, 6.07) is 0. The molecule has 7 heteroatoms. The molecular weight excluding hydrogens is 222 g/mol. The van der Waals surface area contributed by atoms with Gasteiger partial charge in [0.05, 0.1) is 12.3 Å². The van der Waals surface area contributed by atoms with Crippen LogP contribution in [0.3, 0.4) is 0 Å². The van der Waals surface area contributed by atoms with Crippen molar-refractivity contribution in [3.63, 3.8) is 0 Å². The lowest BCUT2D eigenvalue weighted by atomic mass is 10.1. The van der Waals surface area contributed by atoms with E-state index in [1.807, 2.05) is 0 Å². The fourth-order valence-corrected chi connectivity index (χ4v) is 3.09. The van der Waals surface area contributed by atoms with E-state index in [9.17, 15) is 25.2 Å². The highest BCUT2D eigenvalue weighted by molar-refractivity contribution is 8.01. The van der Waals surface area contributed by atoms with E-state index in [2.05, 4.69) is 0 Å². The monoisotopic (exact) mass is 235 g/mol. The third kappa shape index (κ3) is 1.74. The van der Waals surface area contributed by atoms with E-state index in [1.165, 1.54) is 16.7 Å². The van der Waals surface area contributed by atoms with Gasteiger partial charge in [0.15, 0.2) is 0 Å². The molecule has 0 saturated carbocycles. The van der Waals surface area contributed by atoms with Crippen molar-refractivity contribution in [2.75, 3.05) is 12.3 Å². The molecule has 0 aliphatic carbocycles. The molecule has 0 radical (unpaired) electrons. The first-order valence-electron chi connectivity index (χ1n) is 4.65. The fraction of sp³-hybridized carbons (Fsp3) is 0.875.